The molecule has 2 heterocycles. The van der Waals surface area contributed by atoms with Crippen molar-refractivity contribution in [2.75, 3.05) is 0 Å². The molecule has 3 aromatic rings. The maximum Gasteiger partial charge on any atom is 0.411 e. The second kappa shape index (κ2) is 8.33. The van der Waals surface area contributed by atoms with Crippen molar-refractivity contribution in [1.82, 2.24) is 14.7 Å². The van der Waals surface area contributed by atoms with Gasteiger partial charge in [0.2, 0.25) is 5.41 Å². The quantitative estimate of drug-likeness (QED) is 0.540. The first-order chi connectivity index (χ1) is 17.4. The van der Waals surface area contributed by atoms with Gasteiger partial charge >= 0.3 is 6.18 Å². The molecule has 0 saturated heterocycles. The number of hydrogen-bond acceptors (Lipinski definition) is 3. The molecule has 0 fully saturated rings. The number of amides is 1. The molecule has 192 valence electrons. The first kappa shape index (κ1) is 24.8. The lowest BCUT2D eigenvalue weighted by atomic mass is 9.66. The molecule has 1 aliphatic heterocycles. The van der Waals surface area contributed by atoms with Crippen LogP contribution in [-0.2, 0) is 21.5 Å². The summed E-state index contributed by atoms with van der Waals surface area (Å²) in [5, 5.41) is 2.71. The van der Waals surface area contributed by atoms with Crippen molar-refractivity contribution in [2.45, 2.75) is 51.7 Å². The first-order valence-electron chi connectivity index (χ1n) is 12.0. The number of nitrogens with zero attached hydrogens (tertiary/aromatic N) is 2. The minimum absolute atomic E-state index is 0.0405. The van der Waals surface area contributed by atoms with E-state index in [0.29, 0.717) is 11.3 Å². The zero-order valence-electron chi connectivity index (χ0n) is 20.6. The second-order valence-electron chi connectivity index (χ2n) is 10.5. The third-order valence-electron chi connectivity index (χ3n) is 7.19. The van der Waals surface area contributed by atoms with Crippen LogP contribution in [0.2, 0.25) is 0 Å². The van der Waals surface area contributed by atoms with E-state index >= 15 is 13.2 Å². The Bertz CT molecular complexity index is 1480. The van der Waals surface area contributed by atoms with E-state index < -0.39 is 45.4 Å². The molecule has 0 saturated carbocycles. The van der Waals surface area contributed by atoms with Crippen molar-refractivity contribution in [3.8, 4) is 5.69 Å². The summed E-state index contributed by atoms with van der Waals surface area (Å²) >= 11 is 0. The molecule has 0 unspecified atom stereocenters. The van der Waals surface area contributed by atoms with E-state index in [9.17, 15) is 14.4 Å². The molecule has 2 aliphatic rings. The average molecular weight is 510 g/mol. The Morgan fingerprint density at radius 3 is 2.11 bits per heavy atom. The predicted octanol–water partition coefficient (Wildman–Crippen LogP) is 4.96. The molecule has 1 atom stereocenters. The topological polar surface area (TPSA) is 75.2 Å². The van der Waals surface area contributed by atoms with Crippen LogP contribution in [0.4, 0.5) is 13.2 Å². The van der Waals surface area contributed by atoms with E-state index in [0.717, 1.165) is 9.58 Å². The van der Waals surface area contributed by atoms with E-state index in [-0.39, 0.29) is 30.8 Å². The molecule has 0 radical (unpaired) electrons. The zero-order chi connectivity index (χ0) is 26.8. The standard InChI is InChI=1S/C28H26F3N3O3/c1-17-22(24(36)34(32-17)19-12-8-5-9-13-19)27(28(29,30)31)23-20(14-26(2,3)15-21(23)35)33(25(27)37)16-18-10-6-4-7-11-18/h4-13,32H,14-16H2,1-3H3/t27-/m0/s1. The maximum atomic E-state index is 15.4. The van der Waals surface area contributed by atoms with E-state index in [2.05, 4.69) is 5.10 Å². The van der Waals surface area contributed by atoms with E-state index in [1.807, 2.05) is 0 Å². The number of aromatic amines is 1. The van der Waals surface area contributed by atoms with Crippen LogP contribution in [-0.4, -0.2) is 32.5 Å². The Morgan fingerprint density at radius 2 is 1.51 bits per heavy atom. The summed E-state index contributed by atoms with van der Waals surface area (Å²) < 4.78 is 47.1. The fraction of sp³-hybridized carbons (Fsp3) is 0.321. The highest BCUT2D eigenvalue weighted by Gasteiger charge is 2.73. The van der Waals surface area contributed by atoms with Gasteiger partial charge in [0.15, 0.2) is 5.78 Å². The molecule has 5 rings (SSSR count). The van der Waals surface area contributed by atoms with Crippen LogP contribution in [0.25, 0.3) is 5.69 Å². The number of H-pyrrole nitrogens is 1. The first-order valence-corrected chi connectivity index (χ1v) is 12.0. The molecule has 2 aromatic carbocycles. The number of allylic oxidation sites excluding steroid dienone is 1. The number of aryl methyl sites for hydroxylation is 1. The summed E-state index contributed by atoms with van der Waals surface area (Å²) in [5.41, 5.74) is -5.60. The Morgan fingerprint density at radius 1 is 0.919 bits per heavy atom. The SMILES string of the molecule is Cc1[nH]n(-c2ccccc2)c(=O)c1[C@@]1(C(F)(F)F)C(=O)N(Cc2ccccc2)C2=C1C(=O)CC(C)(C)C2. The summed E-state index contributed by atoms with van der Waals surface area (Å²) in [7, 11) is 0. The number of aromatic nitrogens is 2. The van der Waals surface area contributed by atoms with Gasteiger partial charge in [-0.3, -0.25) is 19.5 Å². The summed E-state index contributed by atoms with van der Waals surface area (Å²) in [5.74, 6) is -2.09. The zero-order valence-corrected chi connectivity index (χ0v) is 20.6. The number of ketones is 1. The number of carbonyl (C=O) groups is 2. The van der Waals surface area contributed by atoms with Crippen molar-refractivity contribution >= 4 is 11.7 Å². The van der Waals surface area contributed by atoms with Crippen LogP contribution in [0.5, 0.6) is 0 Å². The molecule has 9 heteroatoms. The number of Topliss-reactive ketones (excluding diaryl/α,β-unsaturated/α-hetero) is 1. The van der Waals surface area contributed by atoms with Crippen molar-refractivity contribution < 1.29 is 22.8 Å². The Balaban J connectivity index is 1.81. The van der Waals surface area contributed by atoms with Crippen LogP contribution in [0.3, 0.4) is 0 Å². The normalized spacial score (nSPS) is 21.5. The van der Waals surface area contributed by atoms with Gasteiger partial charge in [0.05, 0.1) is 17.8 Å². The highest BCUT2D eigenvalue weighted by atomic mass is 19.4. The number of nitrogens with one attached hydrogen (secondary N) is 1. The minimum Gasteiger partial charge on any atom is -0.310 e. The van der Waals surface area contributed by atoms with Crippen LogP contribution < -0.4 is 5.56 Å². The molecule has 0 bridgehead atoms. The van der Waals surface area contributed by atoms with Crippen LogP contribution >= 0.6 is 0 Å². The van der Waals surface area contributed by atoms with Crippen molar-refractivity contribution in [3.63, 3.8) is 0 Å². The summed E-state index contributed by atoms with van der Waals surface area (Å²) in [4.78, 5) is 42.4. The van der Waals surface area contributed by atoms with Gasteiger partial charge in [0.1, 0.15) is 0 Å². The number of para-hydroxylation sites is 1. The molecule has 0 spiro atoms. The number of alkyl halides is 3. The van der Waals surface area contributed by atoms with Crippen molar-refractivity contribution in [2.24, 2.45) is 5.41 Å². The van der Waals surface area contributed by atoms with Gasteiger partial charge < -0.3 is 4.90 Å². The summed E-state index contributed by atoms with van der Waals surface area (Å²) in [6.45, 7) is 4.76. The summed E-state index contributed by atoms with van der Waals surface area (Å²) in [6.07, 6.45) is -5.30. The second-order valence-corrected chi connectivity index (χ2v) is 10.5. The van der Waals surface area contributed by atoms with Gasteiger partial charge in [-0.1, -0.05) is 62.4 Å². The monoisotopic (exact) mass is 509 g/mol. The number of rotatable bonds is 4. The number of carbonyl (C=O) groups excluding carboxylic acids is 2. The molecule has 1 amide bonds. The van der Waals surface area contributed by atoms with Gasteiger partial charge in [-0.15, -0.1) is 0 Å². The van der Waals surface area contributed by atoms with E-state index in [1.165, 1.54) is 6.92 Å². The van der Waals surface area contributed by atoms with Gasteiger partial charge in [0.25, 0.3) is 11.5 Å². The molecule has 1 aliphatic carbocycles. The summed E-state index contributed by atoms with van der Waals surface area (Å²) in [6, 6.07) is 16.8. The van der Waals surface area contributed by atoms with Gasteiger partial charge in [0, 0.05) is 23.4 Å². The Kier molecular flexibility index (Phi) is 5.58. The fourth-order valence-electron chi connectivity index (χ4n) is 5.69. The molecular weight excluding hydrogens is 483 g/mol. The lowest BCUT2D eigenvalue weighted by Crippen LogP contribution is -2.55. The largest absolute Gasteiger partial charge is 0.411 e. The minimum atomic E-state index is -5.24. The molecule has 1 aromatic heterocycles. The van der Waals surface area contributed by atoms with Gasteiger partial charge in [-0.2, -0.15) is 13.2 Å². The average Bonchev–Trinajstić information content (AvgIpc) is 3.25. The van der Waals surface area contributed by atoms with Crippen LogP contribution in [0.1, 0.15) is 43.5 Å². The van der Waals surface area contributed by atoms with Crippen LogP contribution in [0, 0.1) is 12.3 Å². The molecule has 1 N–H and O–H groups in total. The van der Waals surface area contributed by atoms with E-state index in [1.54, 1.807) is 74.5 Å². The van der Waals surface area contributed by atoms with E-state index in [4.69, 9.17) is 0 Å². The van der Waals surface area contributed by atoms with Crippen LogP contribution in [0.15, 0.2) is 76.7 Å². The van der Waals surface area contributed by atoms with Crippen molar-refractivity contribution in [1.29, 1.82) is 0 Å². The van der Waals surface area contributed by atoms with Gasteiger partial charge in [-0.05, 0) is 36.5 Å². The molecular formula is C28H26F3N3O3. The highest BCUT2D eigenvalue weighted by molar-refractivity contribution is 6.13. The van der Waals surface area contributed by atoms with Gasteiger partial charge in [-0.25, -0.2) is 4.68 Å². The smallest absolute Gasteiger partial charge is 0.310 e. The maximum absolute atomic E-state index is 15.4. The van der Waals surface area contributed by atoms with Crippen molar-refractivity contribution in [3.05, 3.63) is 99.1 Å². The number of halogens is 3. The predicted molar refractivity (Wildman–Crippen MR) is 131 cm³/mol. The fourth-order valence-corrected chi connectivity index (χ4v) is 5.69. The lowest BCUT2D eigenvalue weighted by molar-refractivity contribution is -0.189. The molecule has 37 heavy (non-hydrogen) atoms. The lowest BCUT2D eigenvalue weighted by Gasteiger charge is -2.35. The highest BCUT2D eigenvalue weighted by Crippen LogP contribution is 2.57. The number of benzene rings is 2. The Labute approximate surface area is 211 Å². The third kappa shape index (κ3) is 3.67. The third-order valence-corrected chi connectivity index (χ3v) is 7.19. The Hall–Kier alpha value is -3.88. The number of hydrogen-bond donors (Lipinski definition) is 1. The molecule has 6 nitrogen and oxygen atoms in total.